The number of hydrogen-bond donors (Lipinski definition) is 0. The van der Waals surface area contributed by atoms with Crippen molar-refractivity contribution >= 4 is 75.8 Å². The number of carbonyl (C=O) groups excluding carboxylic acids is 1. The molecule has 0 spiro atoms. The average Bonchev–Trinajstić information content (AvgIpc) is 2.18. The maximum Gasteiger partial charge on any atom is 0.509 e. The molecule has 2 unspecified atom stereocenters. The molecule has 0 aliphatic rings. The van der Waals surface area contributed by atoms with Crippen LogP contribution in [-0.4, -0.2) is 25.9 Å². The Morgan fingerprint density at radius 1 is 0.750 bits per heavy atom. The van der Waals surface area contributed by atoms with Crippen LogP contribution >= 0.6 is 69.6 Å². The van der Waals surface area contributed by atoms with E-state index in [-0.39, 0.29) is 11.8 Å². The van der Waals surface area contributed by atoms with Crippen LogP contribution in [0.25, 0.3) is 0 Å². The first-order valence-corrected chi connectivity index (χ1v) is 8.04. The molecule has 0 aromatic heterocycles. The summed E-state index contributed by atoms with van der Waals surface area (Å²) in [6, 6.07) is 0. The molecule has 0 fully saturated rings. The minimum Gasteiger partial charge on any atom is -0.426 e. The quantitative estimate of drug-likeness (QED) is 0.427. The first-order chi connectivity index (χ1) is 8.76. The summed E-state index contributed by atoms with van der Waals surface area (Å²) in [7, 11) is 0. The van der Waals surface area contributed by atoms with Gasteiger partial charge in [0.25, 0.3) is 0 Å². The lowest BCUT2D eigenvalue weighted by molar-refractivity contribution is -0.0225. The SMILES string of the molecule is CC(C)C(OC(=O)OC(C(C)C)C(Cl)(Cl)Cl)C(Cl)(Cl)Cl. The predicted molar refractivity (Wildman–Crippen MR) is 85.4 cm³/mol. The molecule has 120 valence electrons. The van der Waals surface area contributed by atoms with E-state index in [1.165, 1.54) is 0 Å². The number of hydrogen-bond acceptors (Lipinski definition) is 3. The van der Waals surface area contributed by atoms with Gasteiger partial charge in [-0.3, -0.25) is 0 Å². The molecule has 0 amide bonds. The van der Waals surface area contributed by atoms with Crippen LogP contribution in [0.2, 0.25) is 0 Å². The maximum absolute atomic E-state index is 11.8. The molecule has 20 heavy (non-hydrogen) atoms. The van der Waals surface area contributed by atoms with Gasteiger partial charge >= 0.3 is 6.16 Å². The molecule has 2 atom stereocenters. The van der Waals surface area contributed by atoms with Gasteiger partial charge in [-0.2, -0.15) is 0 Å². The van der Waals surface area contributed by atoms with E-state index in [0.717, 1.165) is 0 Å². The normalized spacial score (nSPS) is 16.2. The van der Waals surface area contributed by atoms with Gasteiger partial charge in [-0.15, -0.1) is 0 Å². The summed E-state index contributed by atoms with van der Waals surface area (Å²) >= 11 is 34.5. The van der Waals surface area contributed by atoms with Gasteiger partial charge in [0, 0.05) is 0 Å². The molecule has 0 aromatic carbocycles. The van der Waals surface area contributed by atoms with E-state index in [0.29, 0.717) is 0 Å². The van der Waals surface area contributed by atoms with Crippen molar-refractivity contribution in [3.05, 3.63) is 0 Å². The third kappa shape index (κ3) is 7.33. The Labute approximate surface area is 149 Å². The molecule has 0 aliphatic carbocycles. The van der Waals surface area contributed by atoms with Crippen LogP contribution in [0.4, 0.5) is 4.79 Å². The smallest absolute Gasteiger partial charge is 0.426 e. The summed E-state index contributed by atoms with van der Waals surface area (Å²) in [5.74, 6) is -0.472. The van der Waals surface area contributed by atoms with Crippen molar-refractivity contribution in [1.82, 2.24) is 0 Å². The Hall–Kier alpha value is 1.01. The van der Waals surface area contributed by atoms with Crippen molar-refractivity contribution in [2.24, 2.45) is 11.8 Å². The highest BCUT2D eigenvalue weighted by Crippen LogP contribution is 2.38. The van der Waals surface area contributed by atoms with Crippen molar-refractivity contribution in [3.63, 3.8) is 0 Å². The van der Waals surface area contributed by atoms with Gasteiger partial charge < -0.3 is 9.47 Å². The first kappa shape index (κ1) is 21.0. The van der Waals surface area contributed by atoms with Gasteiger partial charge in [0.15, 0.2) is 12.2 Å². The Morgan fingerprint density at radius 2 is 1.00 bits per heavy atom. The largest absolute Gasteiger partial charge is 0.509 e. The highest BCUT2D eigenvalue weighted by Gasteiger charge is 2.42. The number of halogens is 6. The summed E-state index contributed by atoms with van der Waals surface area (Å²) in [5, 5.41) is 0. The summed E-state index contributed by atoms with van der Waals surface area (Å²) in [4.78, 5) is 11.8. The average molecular weight is 409 g/mol. The lowest BCUT2D eigenvalue weighted by atomic mass is 10.1. The lowest BCUT2D eigenvalue weighted by Gasteiger charge is -2.30. The number of ether oxygens (including phenoxy) is 2. The van der Waals surface area contributed by atoms with Gasteiger partial charge in [-0.25, -0.2) is 4.79 Å². The van der Waals surface area contributed by atoms with Gasteiger partial charge in [0.05, 0.1) is 0 Å². The molecule has 0 N–H and O–H groups in total. The van der Waals surface area contributed by atoms with Crippen molar-refractivity contribution in [2.45, 2.75) is 47.5 Å². The molecule has 0 rings (SSSR count). The Bertz CT molecular complexity index is 291. The van der Waals surface area contributed by atoms with E-state index in [9.17, 15) is 4.79 Å². The highest BCUT2D eigenvalue weighted by atomic mass is 35.6. The Kier molecular flexibility index (Phi) is 8.43. The number of carbonyl (C=O) groups is 1. The molecule has 0 heterocycles. The fourth-order valence-corrected chi connectivity index (χ4v) is 3.18. The predicted octanol–water partition coefficient (Wildman–Crippen LogP) is 5.93. The fourth-order valence-electron chi connectivity index (χ4n) is 1.40. The van der Waals surface area contributed by atoms with Crippen molar-refractivity contribution < 1.29 is 14.3 Å². The van der Waals surface area contributed by atoms with Crippen LogP contribution in [-0.2, 0) is 9.47 Å². The molecule has 0 aliphatic heterocycles. The van der Waals surface area contributed by atoms with Crippen LogP contribution in [0.15, 0.2) is 0 Å². The zero-order valence-corrected chi connectivity index (χ0v) is 15.8. The summed E-state index contributed by atoms with van der Waals surface area (Å²) in [6.45, 7) is 6.92. The van der Waals surface area contributed by atoms with Gasteiger partial charge in [-0.05, 0) is 11.8 Å². The molecule has 3 nitrogen and oxygen atoms in total. The van der Waals surface area contributed by atoms with Crippen molar-refractivity contribution in [1.29, 1.82) is 0 Å². The molecule has 0 bridgehead atoms. The van der Waals surface area contributed by atoms with Crippen molar-refractivity contribution in [2.75, 3.05) is 0 Å². The van der Waals surface area contributed by atoms with Crippen LogP contribution < -0.4 is 0 Å². The van der Waals surface area contributed by atoms with Gasteiger partial charge in [0.1, 0.15) is 0 Å². The molecule has 0 saturated heterocycles. The second-order valence-electron chi connectivity index (χ2n) is 4.90. The minimum atomic E-state index is -1.78. The van der Waals surface area contributed by atoms with Crippen LogP contribution in [0.3, 0.4) is 0 Å². The van der Waals surface area contributed by atoms with Crippen LogP contribution in [0.5, 0.6) is 0 Å². The molecule has 0 saturated carbocycles. The summed E-state index contributed by atoms with van der Waals surface area (Å²) in [6.07, 6.45) is -3.02. The second kappa shape index (κ2) is 8.03. The Morgan fingerprint density at radius 3 is 1.15 bits per heavy atom. The maximum atomic E-state index is 11.8. The second-order valence-corrected chi connectivity index (χ2v) is 9.64. The van der Waals surface area contributed by atoms with Crippen LogP contribution in [0.1, 0.15) is 27.7 Å². The monoisotopic (exact) mass is 406 g/mol. The fraction of sp³-hybridized carbons (Fsp3) is 0.909. The Balaban J connectivity index is 4.84. The lowest BCUT2D eigenvalue weighted by Crippen LogP contribution is -2.40. The van der Waals surface area contributed by atoms with E-state index < -0.39 is 25.9 Å². The van der Waals surface area contributed by atoms with E-state index >= 15 is 0 Å². The molecular weight excluding hydrogens is 393 g/mol. The standard InChI is InChI=1S/C11H16Cl6O3/c1-5(2)7(10(12,13)14)19-9(18)20-8(6(3)4)11(15,16)17/h5-8H,1-4H3. The topological polar surface area (TPSA) is 35.5 Å². The van der Waals surface area contributed by atoms with E-state index in [4.69, 9.17) is 79.1 Å². The summed E-state index contributed by atoms with van der Waals surface area (Å²) < 4.78 is 6.48. The minimum absolute atomic E-state index is 0.236. The van der Waals surface area contributed by atoms with E-state index in [1.807, 2.05) is 0 Å². The third-order valence-corrected chi connectivity index (χ3v) is 3.59. The third-order valence-electron chi connectivity index (χ3n) is 2.30. The van der Waals surface area contributed by atoms with Crippen molar-refractivity contribution in [3.8, 4) is 0 Å². The van der Waals surface area contributed by atoms with E-state index in [2.05, 4.69) is 0 Å². The highest BCUT2D eigenvalue weighted by molar-refractivity contribution is 6.68. The summed E-state index contributed by atoms with van der Waals surface area (Å²) in [5.41, 5.74) is 0. The van der Waals surface area contributed by atoms with Crippen LogP contribution in [0, 0.1) is 11.8 Å². The molecule has 9 heteroatoms. The van der Waals surface area contributed by atoms with Gasteiger partial charge in [-0.1, -0.05) is 97.3 Å². The molecule has 0 radical (unpaired) electrons. The van der Waals surface area contributed by atoms with Gasteiger partial charge in [0.2, 0.25) is 7.59 Å². The zero-order chi connectivity index (χ0) is 16.3. The van der Waals surface area contributed by atoms with E-state index in [1.54, 1.807) is 27.7 Å². The molecular formula is C11H16Cl6O3. The number of alkyl halides is 6. The first-order valence-electron chi connectivity index (χ1n) is 5.77. The molecule has 0 aromatic rings. The zero-order valence-electron chi connectivity index (χ0n) is 11.3. The number of rotatable bonds is 4.